The van der Waals surface area contributed by atoms with Gasteiger partial charge in [0.15, 0.2) is 0 Å². The van der Waals surface area contributed by atoms with Gasteiger partial charge in [-0.3, -0.25) is 9.10 Å². The molecule has 9 heteroatoms. The van der Waals surface area contributed by atoms with E-state index in [0.29, 0.717) is 30.9 Å². The summed E-state index contributed by atoms with van der Waals surface area (Å²) < 4.78 is 33.5. The van der Waals surface area contributed by atoms with Gasteiger partial charge in [-0.2, -0.15) is 0 Å². The SMILES string of the molecule is CCOc1ccc(N(CC(=O)N[C@H]2CCCC[C@H]2O)S(=O)(=O)c2ccc(SC)cc2)cc1. The molecule has 2 N–H and O–H groups in total. The van der Waals surface area contributed by atoms with Crippen LogP contribution in [0.5, 0.6) is 5.75 Å². The monoisotopic (exact) mass is 478 g/mol. The summed E-state index contributed by atoms with van der Waals surface area (Å²) in [5, 5.41) is 13.0. The predicted molar refractivity (Wildman–Crippen MR) is 127 cm³/mol. The zero-order chi connectivity index (χ0) is 23.1. The number of ether oxygens (including phenoxy) is 1. The molecule has 0 radical (unpaired) electrons. The molecule has 1 aliphatic rings. The van der Waals surface area contributed by atoms with Crippen molar-refractivity contribution in [3.05, 3.63) is 48.5 Å². The molecule has 1 aliphatic carbocycles. The van der Waals surface area contributed by atoms with E-state index in [4.69, 9.17) is 4.74 Å². The van der Waals surface area contributed by atoms with Crippen molar-refractivity contribution < 1.29 is 23.1 Å². The number of carbonyl (C=O) groups is 1. The fourth-order valence-electron chi connectivity index (χ4n) is 3.73. The molecule has 3 rings (SSSR count). The second kappa shape index (κ2) is 11.1. The molecular weight excluding hydrogens is 448 g/mol. The zero-order valence-corrected chi connectivity index (χ0v) is 20.0. The molecule has 0 aromatic heterocycles. The molecule has 0 unspecified atom stereocenters. The molecule has 7 nitrogen and oxygen atoms in total. The highest BCUT2D eigenvalue weighted by atomic mass is 32.2. The molecule has 0 heterocycles. The van der Waals surface area contributed by atoms with Gasteiger partial charge >= 0.3 is 0 Å². The summed E-state index contributed by atoms with van der Waals surface area (Å²) in [6.45, 7) is 1.98. The summed E-state index contributed by atoms with van der Waals surface area (Å²) in [5.74, 6) is 0.168. The summed E-state index contributed by atoms with van der Waals surface area (Å²) in [6.07, 6.45) is 4.46. The van der Waals surface area contributed by atoms with Crippen molar-refractivity contribution in [2.75, 3.05) is 23.7 Å². The van der Waals surface area contributed by atoms with E-state index in [1.54, 1.807) is 48.5 Å². The predicted octanol–water partition coefficient (Wildman–Crippen LogP) is 3.42. The van der Waals surface area contributed by atoms with Crippen LogP contribution in [-0.2, 0) is 14.8 Å². The highest BCUT2D eigenvalue weighted by molar-refractivity contribution is 7.98. The highest BCUT2D eigenvalue weighted by Crippen LogP contribution is 2.27. The van der Waals surface area contributed by atoms with E-state index in [9.17, 15) is 18.3 Å². The third-order valence-corrected chi connectivity index (χ3v) is 7.98. The van der Waals surface area contributed by atoms with Gasteiger partial charge in [-0.25, -0.2) is 8.42 Å². The third-order valence-electron chi connectivity index (χ3n) is 5.45. The molecule has 2 atom stereocenters. The Labute approximate surface area is 194 Å². The van der Waals surface area contributed by atoms with Crippen molar-refractivity contribution in [3.63, 3.8) is 0 Å². The fraction of sp³-hybridized carbons (Fsp3) is 0.435. The second-order valence-corrected chi connectivity index (χ2v) is 10.4. The first-order chi connectivity index (χ1) is 15.3. The van der Waals surface area contributed by atoms with Crippen molar-refractivity contribution in [2.45, 2.75) is 54.5 Å². The number of sulfonamides is 1. The maximum absolute atomic E-state index is 13.5. The number of aliphatic hydroxyl groups excluding tert-OH is 1. The number of hydrogen-bond acceptors (Lipinski definition) is 6. The summed E-state index contributed by atoms with van der Waals surface area (Å²) in [4.78, 5) is 13.9. The van der Waals surface area contributed by atoms with Crippen molar-refractivity contribution in [1.29, 1.82) is 0 Å². The second-order valence-electron chi connectivity index (χ2n) is 7.64. The Bertz CT molecular complexity index is 994. The van der Waals surface area contributed by atoms with E-state index < -0.39 is 22.0 Å². The van der Waals surface area contributed by atoms with E-state index in [2.05, 4.69) is 5.32 Å². The maximum Gasteiger partial charge on any atom is 0.264 e. The van der Waals surface area contributed by atoms with Gasteiger partial charge in [0.05, 0.1) is 29.3 Å². The van der Waals surface area contributed by atoms with Gasteiger partial charge in [0, 0.05) is 4.90 Å². The summed E-state index contributed by atoms with van der Waals surface area (Å²) in [5.41, 5.74) is 0.363. The molecule has 174 valence electrons. The molecule has 1 fully saturated rings. The van der Waals surface area contributed by atoms with Crippen LogP contribution < -0.4 is 14.4 Å². The van der Waals surface area contributed by atoms with Gasteiger partial charge in [0.2, 0.25) is 5.91 Å². The zero-order valence-electron chi connectivity index (χ0n) is 18.4. The first-order valence-electron chi connectivity index (χ1n) is 10.7. The van der Waals surface area contributed by atoms with Gasteiger partial charge in [-0.1, -0.05) is 12.8 Å². The molecule has 0 saturated heterocycles. The Hall–Kier alpha value is -2.23. The number of thioether (sulfide) groups is 1. The van der Waals surface area contributed by atoms with Crippen LogP contribution in [0.25, 0.3) is 0 Å². The van der Waals surface area contributed by atoms with E-state index in [1.807, 2.05) is 13.2 Å². The standard InChI is InChI=1S/C23H30N2O5S2/c1-3-30-18-10-8-17(9-11-18)25(16-23(27)24-21-6-4-5-7-22(21)26)32(28,29)20-14-12-19(31-2)13-15-20/h8-15,21-22,26H,3-7,16H2,1-2H3,(H,24,27)/t21-,22+/m0/s1. The van der Waals surface area contributed by atoms with Crippen LogP contribution in [0.4, 0.5) is 5.69 Å². The van der Waals surface area contributed by atoms with Crippen molar-refractivity contribution in [3.8, 4) is 5.75 Å². The lowest BCUT2D eigenvalue weighted by molar-refractivity contribution is -0.121. The van der Waals surface area contributed by atoms with Gasteiger partial charge in [-0.05, 0) is 74.6 Å². The van der Waals surface area contributed by atoms with E-state index in [0.717, 1.165) is 22.0 Å². The Balaban J connectivity index is 1.88. The number of amides is 1. The smallest absolute Gasteiger partial charge is 0.264 e. The number of nitrogens with one attached hydrogen (secondary N) is 1. The number of anilines is 1. The lowest BCUT2D eigenvalue weighted by atomic mass is 9.92. The molecule has 0 aliphatic heterocycles. The minimum Gasteiger partial charge on any atom is -0.494 e. The summed E-state index contributed by atoms with van der Waals surface area (Å²) >= 11 is 1.52. The van der Waals surface area contributed by atoms with Crippen molar-refractivity contribution in [1.82, 2.24) is 5.32 Å². The third kappa shape index (κ3) is 5.96. The van der Waals surface area contributed by atoms with E-state index in [1.165, 1.54) is 11.8 Å². The average Bonchev–Trinajstić information content (AvgIpc) is 2.80. The fourth-order valence-corrected chi connectivity index (χ4v) is 5.56. The Morgan fingerprint density at radius 2 is 1.78 bits per heavy atom. The van der Waals surface area contributed by atoms with E-state index >= 15 is 0 Å². The van der Waals surface area contributed by atoms with Crippen LogP contribution in [0.15, 0.2) is 58.3 Å². The molecule has 2 aromatic carbocycles. The summed E-state index contributed by atoms with van der Waals surface area (Å²) in [7, 11) is -3.99. The van der Waals surface area contributed by atoms with Gasteiger partial charge < -0.3 is 15.2 Å². The van der Waals surface area contributed by atoms with Crippen LogP contribution in [0.3, 0.4) is 0 Å². The molecule has 0 bridgehead atoms. The molecular formula is C23H30N2O5S2. The van der Waals surface area contributed by atoms with Crippen molar-refractivity contribution in [2.24, 2.45) is 0 Å². The number of carbonyl (C=O) groups excluding carboxylic acids is 1. The first-order valence-corrected chi connectivity index (χ1v) is 13.4. The Morgan fingerprint density at radius 1 is 1.12 bits per heavy atom. The number of benzene rings is 2. The molecule has 1 amide bonds. The van der Waals surface area contributed by atoms with Crippen LogP contribution in [0, 0.1) is 0 Å². The minimum absolute atomic E-state index is 0.106. The molecule has 1 saturated carbocycles. The summed E-state index contributed by atoms with van der Waals surface area (Å²) in [6, 6.07) is 12.8. The lowest BCUT2D eigenvalue weighted by Gasteiger charge is -2.30. The topological polar surface area (TPSA) is 95.9 Å². The van der Waals surface area contributed by atoms with Crippen LogP contribution in [0.1, 0.15) is 32.6 Å². The van der Waals surface area contributed by atoms with Crippen LogP contribution >= 0.6 is 11.8 Å². The van der Waals surface area contributed by atoms with Crippen LogP contribution in [0.2, 0.25) is 0 Å². The Morgan fingerprint density at radius 3 is 2.38 bits per heavy atom. The average molecular weight is 479 g/mol. The number of rotatable bonds is 9. The maximum atomic E-state index is 13.5. The Kier molecular flexibility index (Phi) is 8.44. The van der Waals surface area contributed by atoms with Gasteiger partial charge in [0.25, 0.3) is 10.0 Å². The van der Waals surface area contributed by atoms with Gasteiger partial charge in [0.1, 0.15) is 12.3 Å². The quantitative estimate of drug-likeness (QED) is 0.536. The first kappa shape index (κ1) is 24.4. The van der Waals surface area contributed by atoms with Gasteiger partial charge in [-0.15, -0.1) is 11.8 Å². The molecule has 32 heavy (non-hydrogen) atoms. The molecule has 2 aromatic rings. The van der Waals surface area contributed by atoms with Crippen molar-refractivity contribution >= 4 is 33.4 Å². The van der Waals surface area contributed by atoms with Crippen LogP contribution in [-0.4, -0.2) is 51.0 Å². The number of aliphatic hydroxyl groups is 1. The largest absolute Gasteiger partial charge is 0.494 e. The number of hydrogen-bond donors (Lipinski definition) is 2. The highest BCUT2D eigenvalue weighted by Gasteiger charge is 2.30. The van der Waals surface area contributed by atoms with E-state index in [-0.39, 0.29) is 17.5 Å². The number of nitrogens with zero attached hydrogens (tertiary/aromatic N) is 1. The minimum atomic E-state index is -3.99. The lowest BCUT2D eigenvalue weighted by Crippen LogP contribution is -2.49. The normalized spacial score (nSPS) is 18.7. The molecule has 0 spiro atoms.